The van der Waals surface area contributed by atoms with Gasteiger partial charge in [0.15, 0.2) is 6.61 Å². The fourth-order valence-electron chi connectivity index (χ4n) is 2.15. The second kappa shape index (κ2) is 6.53. The van der Waals surface area contributed by atoms with Gasteiger partial charge in [0.25, 0.3) is 11.8 Å². The Hall–Kier alpha value is -3.16. The number of amides is 2. The molecule has 0 radical (unpaired) electrons. The quantitative estimate of drug-likeness (QED) is 0.901. The molecule has 0 saturated carbocycles. The Bertz CT molecular complexity index is 778. The summed E-state index contributed by atoms with van der Waals surface area (Å²) < 4.78 is 33.6. The van der Waals surface area contributed by atoms with E-state index < -0.39 is 12.5 Å². The fourth-order valence-corrected chi connectivity index (χ4v) is 2.15. The van der Waals surface area contributed by atoms with E-state index in [1.165, 1.54) is 30.3 Å². The van der Waals surface area contributed by atoms with Gasteiger partial charge in [-0.05, 0) is 42.5 Å². The molecule has 2 aromatic rings. The summed E-state index contributed by atoms with van der Waals surface area (Å²) in [6.45, 7) is -2.97. The minimum Gasteiger partial charge on any atom is -0.482 e. The zero-order chi connectivity index (χ0) is 17.1. The van der Waals surface area contributed by atoms with E-state index in [4.69, 9.17) is 4.74 Å². The van der Waals surface area contributed by atoms with Gasteiger partial charge in [0.2, 0.25) is 0 Å². The Morgan fingerprint density at radius 1 is 1.21 bits per heavy atom. The van der Waals surface area contributed by atoms with Crippen LogP contribution in [0.2, 0.25) is 0 Å². The average Bonchev–Trinajstić information content (AvgIpc) is 2.55. The molecule has 0 unspecified atom stereocenters. The molecule has 0 spiro atoms. The number of fused-ring (bicyclic) bond motifs is 1. The number of carbonyl (C=O) groups excluding carboxylic acids is 2. The predicted octanol–water partition coefficient (Wildman–Crippen LogP) is 2.87. The fraction of sp³-hybridized carbons (Fsp3) is 0.125. The van der Waals surface area contributed by atoms with E-state index in [1.54, 1.807) is 12.1 Å². The van der Waals surface area contributed by atoms with E-state index in [0.29, 0.717) is 22.7 Å². The van der Waals surface area contributed by atoms with Crippen LogP contribution in [-0.2, 0) is 4.79 Å². The number of benzene rings is 2. The Labute approximate surface area is 135 Å². The molecule has 3 rings (SSSR count). The molecule has 8 heteroatoms. The molecule has 6 nitrogen and oxygen atoms in total. The Morgan fingerprint density at radius 2 is 1.96 bits per heavy atom. The predicted molar refractivity (Wildman–Crippen MR) is 81.6 cm³/mol. The van der Waals surface area contributed by atoms with E-state index in [9.17, 15) is 18.4 Å². The van der Waals surface area contributed by atoms with Gasteiger partial charge in [-0.25, -0.2) is 0 Å². The molecule has 24 heavy (non-hydrogen) atoms. The van der Waals surface area contributed by atoms with Crippen LogP contribution in [0.25, 0.3) is 0 Å². The largest absolute Gasteiger partial charge is 0.482 e. The highest BCUT2D eigenvalue weighted by molar-refractivity contribution is 6.06. The molecule has 0 aliphatic carbocycles. The number of nitrogens with one attached hydrogen (secondary N) is 2. The molecular weight excluding hydrogens is 322 g/mol. The van der Waals surface area contributed by atoms with Crippen molar-refractivity contribution in [3.8, 4) is 11.5 Å². The zero-order valence-corrected chi connectivity index (χ0v) is 12.2. The summed E-state index contributed by atoms with van der Waals surface area (Å²) in [6.07, 6.45) is 0. The van der Waals surface area contributed by atoms with Crippen molar-refractivity contribution in [1.82, 2.24) is 0 Å². The van der Waals surface area contributed by atoms with Crippen LogP contribution in [0.4, 0.5) is 20.2 Å². The maximum atomic E-state index is 12.2. The third-order valence-electron chi connectivity index (χ3n) is 3.21. The van der Waals surface area contributed by atoms with E-state index in [-0.39, 0.29) is 18.3 Å². The SMILES string of the molecule is O=C1COc2ccc(C(=O)Nc3ccc(OC(F)F)cc3)cc2N1. The van der Waals surface area contributed by atoms with Crippen LogP contribution in [0, 0.1) is 0 Å². The lowest BCUT2D eigenvalue weighted by Gasteiger charge is -2.18. The molecule has 0 atom stereocenters. The van der Waals surface area contributed by atoms with Crippen molar-refractivity contribution in [3.63, 3.8) is 0 Å². The summed E-state index contributed by atoms with van der Waals surface area (Å²) >= 11 is 0. The monoisotopic (exact) mass is 334 g/mol. The van der Waals surface area contributed by atoms with Crippen molar-refractivity contribution < 1.29 is 27.8 Å². The Morgan fingerprint density at radius 3 is 2.67 bits per heavy atom. The van der Waals surface area contributed by atoms with Gasteiger partial charge in [0, 0.05) is 11.3 Å². The summed E-state index contributed by atoms with van der Waals surface area (Å²) in [7, 11) is 0. The van der Waals surface area contributed by atoms with E-state index in [1.807, 2.05) is 0 Å². The molecule has 0 fully saturated rings. The van der Waals surface area contributed by atoms with Gasteiger partial charge >= 0.3 is 6.61 Å². The molecule has 2 aromatic carbocycles. The molecule has 124 valence electrons. The van der Waals surface area contributed by atoms with Crippen LogP contribution in [0.5, 0.6) is 11.5 Å². The lowest BCUT2D eigenvalue weighted by Crippen LogP contribution is -2.25. The standard InChI is InChI=1S/C16H12F2N2O4/c17-16(18)24-11-4-2-10(3-5-11)19-15(22)9-1-6-13-12(7-9)20-14(21)8-23-13/h1-7,16H,8H2,(H,19,22)(H,20,21). The molecule has 2 N–H and O–H groups in total. The maximum Gasteiger partial charge on any atom is 0.387 e. The average molecular weight is 334 g/mol. The molecule has 2 amide bonds. The number of carbonyl (C=O) groups is 2. The van der Waals surface area contributed by atoms with Gasteiger partial charge in [-0.3, -0.25) is 9.59 Å². The van der Waals surface area contributed by atoms with Gasteiger partial charge in [-0.2, -0.15) is 8.78 Å². The Balaban J connectivity index is 1.71. The number of halogens is 2. The van der Waals surface area contributed by atoms with Crippen molar-refractivity contribution in [2.24, 2.45) is 0 Å². The summed E-state index contributed by atoms with van der Waals surface area (Å²) in [5.41, 5.74) is 1.15. The highest BCUT2D eigenvalue weighted by Crippen LogP contribution is 2.28. The molecule has 0 aromatic heterocycles. The first kappa shape index (κ1) is 15.7. The summed E-state index contributed by atoms with van der Waals surface area (Å²) in [6, 6.07) is 10.2. The van der Waals surface area contributed by atoms with Crippen LogP contribution in [0.3, 0.4) is 0 Å². The van der Waals surface area contributed by atoms with E-state index >= 15 is 0 Å². The second-order valence-electron chi connectivity index (χ2n) is 4.90. The molecule has 1 heterocycles. The molecular formula is C16H12F2N2O4. The van der Waals surface area contributed by atoms with Crippen LogP contribution >= 0.6 is 0 Å². The highest BCUT2D eigenvalue weighted by atomic mass is 19.3. The first-order valence-corrected chi connectivity index (χ1v) is 6.94. The molecule has 1 aliphatic rings. The van der Waals surface area contributed by atoms with Crippen LogP contribution in [0.15, 0.2) is 42.5 Å². The van der Waals surface area contributed by atoms with E-state index in [0.717, 1.165) is 0 Å². The molecule has 0 saturated heterocycles. The number of anilines is 2. The number of alkyl halides is 2. The van der Waals surface area contributed by atoms with Crippen molar-refractivity contribution in [3.05, 3.63) is 48.0 Å². The van der Waals surface area contributed by atoms with Crippen LogP contribution in [-0.4, -0.2) is 25.0 Å². The first-order chi connectivity index (χ1) is 11.5. The normalized spacial score (nSPS) is 12.9. The minimum atomic E-state index is -2.90. The van der Waals surface area contributed by atoms with Crippen molar-refractivity contribution in [1.29, 1.82) is 0 Å². The first-order valence-electron chi connectivity index (χ1n) is 6.94. The second-order valence-corrected chi connectivity index (χ2v) is 4.90. The van der Waals surface area contributed by atoms with Crippen LogP contribution in [0.1, 0.15) is 10.4 Å². The lowest BCUT2D eigenvalue weighted by molar-refractivity contribution is -0.118. The maximum absolute atomic E-state index is 12.2. The van der Waals surface area contributed by atoms with Gasteiger partial charge in [0.1, 0.15) is 11.5 Å². The van der Waals surface area contributed by atoms with Crippen molar-refractivity contribution >= 4 is 23.2 Å². The third-order valence-corrected chi connectivity index (χ3v) is 3.21. The number of hydrogen-bond donors (Lipinski definition) is 2. The third kappa shape index (κ3) is 3.60. The zero-order valence-electron chi connectivity index (χ0n) is 12.2. The van der Waals surface area contributed by atoms with Gasteiger partial charge in [-0.1, -0.05) is 0 Å². The summed E-state index contributed by atoms with van der Waals surface area (Å²) in [5.74, 6) is -0.230. The number of hydrogen-bond acceptors (Lipinski definition) is 4. The minimum absolute atomic E-state index is 0.00311. The summed E-state index contributed by atoms with van der Waals surface area (Å²) in [5, 5.41) is 5.23. The van der Waals surface area contributed by atoms with E-state index in [2.05, 4.69) is 15.4 Å². The Kier molecular flexibility index (Phi) is 4.28. The lowest BCUT2D eigenvalue weighted by atomic mass is 10.1. The van der Waals surface area contributed by atoms with Crippen molar-refractivity contribution in [2.75, 3.05) is 17.2 Å². The van der Waals surface area contributed by atoms with Gasteiger partial charge in [-0.15, -0.1) is 0 Å². The number of rotatable bonds is 4. The van der Waals surface area contributed by atoms with Gasteiger partial charge < -0.3 is 20.1 Å². The molecule has 0 bridgehead atoms. The topological polar surface area (TPSA) is 76.7 Å². The molecule has 1 aliphatic heterocycles. The number of ether oxygens (including phenoxy) is 2. The highest BCUT2D eigenvalue weighted by Gasteiger charge is 2.18. The van der Waals surface area contributed by atoms with Crippen LogP contribution < -0.4 is 20.1 Å². The smallest absolute Gasteiger partial charge is 0.387 e. The van der Waals surface area contributed by atoms with Crippen molar-refractivity contribution in [2.45, 2.75) is 6.61 Å². The van der Waals surface area contributed by atoms with Gasteiger partial charge in [0.05, 0.1) is 5.69 Å². The summed E-state index contributed by atoms with van der Waals surface area (Å²) in [4.78, 5) is 23.5.